The number of rotatable bonds is 5. The van der Waals surface area contributed by atoms with Crippen molar-refractivity contribution in [3.63, 3.8) is 0 Å². The Bertz CT molecular complexity index is 505. The fraction of sp³-hybridized carbons (Fsp3) is 0.529. The molecule has 1 fully saturated rings. The summed E-state index contributed by atoms with van der Waals surface area (Å²) in [5.41, 5.74) is 0.777. The molecule has 0 unspecified atom stereocenters. The van der Waals surface area contributed by atoms with Crippen molar-refractivity contribution < 1.29 is 14.7 Å². The fourth-order valence-corrected chi connectivity index (χ4v) is 2.91. The molecule has 1 aliphatic rings. The van der Waals surface area contributed by atoms with Gasteiger partial charge in [-0.3, -0.25) is 4.79 Å². The molecule has 0 bridgehead atoms. The molecule has 0 saturated heterocycles. The molecule has 21 heavy (non-hydrogen) atoms. The van der Waals surface area contributed by atoms with Crippen molar-refractivity contribution in [2.75, 3.05) is 6.54 Å². The first kappa shape index (κ1) is 15.5. The minimum atomic E-state index is -0.986. The van der Waals surface area contributed by atoms with Crippen molar-refractivity contribution in [3.05, 3.63) is 35.4 Å². The fourth-order valence-electron chi connectivity index (χ4n) is 2.91. The molecule has 1 aromatic rings. The van der Waals surface area contributed by atoms with Crippen LogP contribution in [-0.2, 0) is 11.2 Å². The van der Waals surface area contributed by atoms with Crippen LogP contribution in [0.1, 0.15) is 48.5 Å². The van der Waals surface area contributed by atoms with Crippen LogP contribution in [0.5, 0.6) is 0 Å². The highest BCUT2D eigenvalue weighted by Crippen LogP contribution is 2.27. The normalized spacial score (nSPS) is 21.8. The highest BCUT2D eigenvalue weighted by atomic mass is 16.4. The zero-order chi connectivity index (χ0) is 15.2. The molecule has 0 atom stereocenters. The molecular formula is C17H23NO3. The van der Waals surface area contributed by atoms with E-state index in [1.807, 2.05) is 0 Å². The van der Waals surface area contributed by atoms with E-state index in [9.17, 15) is 9.59 Å². The van der Waals surface area contributed by atoms with E-state index in [1.54, 1.807) is 18.2 Å². The van der Waals surface area contributed by atoms with E-state index in [0.29, 0.717) is 18.0 Å². The number of hydrogen-bond acceptors (Lipinski definition) is 2. The highest BCUT2D eigenvalue weighted by Gasteiger charge is 2.19. The van der Waals surface area contributed by atoms with Gasteiger partial charge in [-0.15, -0.1) is 0 Å². The third-order valence-electron chi connectivity index (χ3n) is 4.32. The largest absolute Gasteiger partial charge is 0.478 e. The lowest BCUT2D eigenvalue weighted by Gasteiger charge is -2.26. The lowest BCUT2D eigenvalue weighted by Crippen LogP contribution is -2.32. The van der Waals surface area contributed by atoms with Crippen LogP contribution in [-0.4, -0.2) is 23.5 Å². The van der Waals surface area contributed by atoms with Gasteiger partial charge in [-0.1, -0.05) is 38.0 Å². The number of carbonyl (C=O) groups excluding carboxylic acids is 1. The van der Waals surface area contributed by atoms with Crippen molar-refractivity contribution >= 4 is 11.9 Å². The Labute approximate surface area is 125 Å². The smallest absolute Gasteiger partial charge is 0.335 e. The van der Waals surface area contributed by atoms with E-state index in [2.05, 4.69) is 12.2 Å². The van der Waals surface area contributed by atoms with Crippen LogP contribution in [0, 0.1) is 11.8 Å². The summed E-state index contributed by atoms with van der Waals surface area (Å²) in [5, 5.41) is 12.1. The molecule has 0 aliphatic heterocycles. The average molecular weight is 289 g/mol. The monoisotopic (exact) mass is 289 g/mol. The molecule has 1 aromatic carbocycles. The number of carboxylic acid groups (broad SMARTS) is 1. The lowest BCUT2D eigenvalue weighted by atomic mass is 9.83. The first-order valence-corrected chi connectivity index (χ1v) is 7.64. The topological polar surface area (TPSA) is 66.4 Å². The van der Waals surface area contributed by atoms with Gasteiger partial charge in [0.15, 0.2) is 0 Å². The van der Waals surface area contributed by atoms with Crippen molar-refractivity contribution in [2.45, 2.75) is 39.0 Å². The van der Waals surface area contributed by atoms with E-state index in [4.69, 9.17) is 5.11 Å². The van der Waals surface area contributed by atoms with Gasteiger partial charge in [-0.25, -0.2) is 4.79 Å². The van der Waals surface area contributed by atoms with Gasteiger partial charge >= 0.3 is 5.97 Å². The maximum Gasteiger partial charge on any atom is 0.335 e. The van der Waals surface area contributed by atoms with Crippen LogP contribution in [0.3, 0.4) is 0 Å². The minimum Gasteiger partial charge on any atom is -0.478 e. The van der Waals surface area contributed by atoms with Crippen LogP contribution >= 0.6 is 0 Å². The van der Waals surface area contributed by atoms with Crippen LogP contribution in [0.4, 0.5) is 0 Å². The second kappa shape index (κ2) is 7.25. The molecule has 1 aliphatic carbocycles. The quantitative estimate of drug-likeness (QED) is 0.876. The number of carbonyl (C=O) groups is 2. The Balaban J connectivity index is 1.83. The predicted molar refractivity (Wildman–Crippen MR) is 81.2 cm³/mol. The second-order valence-corrected chi connectivity index (χ2v) is 6.07. The number of benzene rings is 1. The van der Waals surface area contributed by atoms with Gasteiger partial charge in [0.05, 0.1) is 12.0 Å². The van der Waals surface area contributed by atoms with Gasteiger partial charge < -0.3 is 10.4 Å². The Morgan fingerprint density at radius 2 is 1.86 bits per heavy atom. The molecule has 1 amide bonds. The van der Waals surface area contributed by atoms with Gasteiger partial charge in [0, 0.05) is 6.54 Å². The molecule has 4 nitrogen and oxygen atoms in total. The van der Waals surface area contributed by atoms with Gasteiger partial charge in [-0.05, 0) is 36.3 Å². The first-order valence-electron chi connectivity index (χ1n) is 7.64. The summed E-state index contributed by atoms with van der Waals surface area (Å²) >= 11 is 0. The van der Waals surface area contributed by atoms with E-state index in [1.165, 1.54) is 31.7 Å². The van der Waals surface area contributed by atoms with E-state index in [0.717, 1.165) is 5.92 Å². The Morgan fingerprint density at radius 1 is 1.19 bits per heavy atom. The van der Waals surface area contributed by atoms with Crippen molar-refractivity contribution in [3.8, 4) is 0 Å². The number of aromatic carboxylic acids is 1. The molecule has 0 heterocycles. The standard InChI is InChI=1S/C17H23NO3/c1-12-6-8-13(9-7-12)11-18-16(19)10-14-4-2-3-5-15(14)17(20)21/h2-5,12-13H,6-11H2,1H3,(H,18,19)(H,20,21). The molecule has 1 saturated carbocycles. The third kappa shape index (κ3) is 4.59. The summed E-state index contributed by atoms with van der Waals surface area (Å²) in [4.78, 5) is 23.1. The molecule has 0 radical (unpaired) electrons. The molecule has 2 N–H and O–H groups in total. The molecular weight excluding hydrogens is 266 g/mol. The summed E-state index contributed by atoms with van der Waals surface area (Å²) in [6.45, 7) is 2.98. The Hall–Kier alpha value is -1.84. The van der Waals surface area contributed by atoms with Crippen molar-refractivity contribution in [1.29, 1.82) is 0 Å². The SMILES string of the molecule is CC1CCC(CNC(=O)Cc2ccccc2C(=O)O)CC1. The summed E-state index contributed by atoms with van der Waals surface area (Å²) in [7, 11) is 0. The van der Waals surface area contributed by atoms with Gasteiger partial charge in [0.2, 0.25) is 5.91 Å². The molecule has 4 heteroatoms. The van der Waals surface area contributed by atoms with Crippen LogP contribution in [0.15, 0.2) is 24.3 Å². The first-order chi connectivity index (χ1) is 10.1. The number of hydrogen-bond donors (Lipinski definition) is 2. The van der Waals surface area contributed by atoms with E-state index < -0.39 is 5.97 Å². The van der Waals surface area contributed by atoms with Gasteiger partial charge in [0.1, 0.15) is 0 Å². The average Bonchev–Trinajstić information content (AvgIpc) is 2.47. The lowest BCUT2D eigenvalue weighted by molar-refractivity contribution is -0.120. The molecule has 0 spiro atoms. The van der Waals surface area contributed by atoms with Crippen LogP contribution in [0.25, 0.3) is 0 Å². The molecule has 114 valence electrons. The Kier molecular flexibility index (Phi) is 5.37. The minimum absolute atomic E-state index is 0.0951. The van der Waals surface area contributed by atoms with Gasteiger partial charge in [0.25, 0.3) is 0 Å². The number of amides is 1. The Morgan fingerprint density at radius 3 is 2.52 bits per heavy atom. The van der Waals surface area contributed by atoms with Gasteiger partial charge in [-0.2, -0.15) is 0 Å². The highest BCUT2D eigenvalue weighted by molar-refractivity contribution is 5.91. The predicted octanol–water partition coefficient (Wildman–Crippen LogP) is 2.87. The summed E-state index contributed by atoms with van der Waals surface area (Å²) in [6, 6.07) is 6.67. The second-order valence-electron chi connectivity index (χ2n) is 6.07. The summed E-state index contributed by atoms with van der Waals surface area (Å²) < 4.78 is 0. The zero-order valence-corrected chi connectivity index (χ0v) is 12.5. The molecule has 0 aromatic heterocycles. The third-order valence-corrected chi connectivity index (χ3v) is 4.32. The summed E-state index contributed by atoms with van der Waals surface area (Å²) in [6.07, 6.45) is 4.96. The van der Waals surface area contributed by atoms with Crippen LogP contribution < -0.4 is 5.32 Å². The van der Waals surface area contributed by atoms with E-state index >= 15 is 0 Å². The van der Waals surface area contributed by atoms with Crippen LogP contribution in [0.2, 0.25) is 0 Å². The number of carboxylic acids is 1. The zero-order valence-electron chi connectivity index (χ0n) is 12.5. The van der Waals surface area contributed by atoms with E-state index in [-0.39, 0.29) is 17.9 Å². The summed E-state index contributed by atoms with van der Waals surface area (Å²) in [5.74, 6) is 0.293. The maximum absolute atomic E-state index is 12.0. The molecule has 2 rings (SSSR count). The van der Waals surface area contributed by atoms with Crippen molar-refractivity contribution in [2.24, 2.45) is 11.8 Å². The number of nitrogens with one attached hydrogen (secondary N) is 1. The van der Waals surface area contributed by atoms with Crippen molar-refractivity contribution in [1.82, 2.24) is 5.32 Å². The maximum atomic E-state index is 12.0.